The second-order valence-electron chi connectivity index (χ2n) is 4.17. The highest BCUT2D eigenvalue weighted by Gasteiger charge is 2.18. The molecule has 0 aliphatic heterocycles. The lowest BCUT2D eigenvalue weighted by atomic mass is 10.3. The predicted molar refractivity (Wildman–Crippen MR) is 74.8 cm³/mol. The smallest absolute Gasteiger partial charge is 0.261 e. The van der Waals surface area contributed by atoms with Gasteiger partial charge in [-0.05, 0) is 30.8 Å². The van der Waals surface area contributed by atoms with Crippen molar-refractivity contribution in [1.29, 1.82) is 0 Å². The number of rotatable bonds is 4. The van der Waals surface area contributed by atoms with Gasteiger partial charge in [0.25, 0.3) is 5.22 Å². The van der Waals surface area contributed by atoms with Gasteiger partial charge in [0.1, 0.15) is 11.3 Å². The fourth-order valence-electron chi connectivity index (χ4n) is 1.91. The summed E-state index contributed by atoms with van der Waals surface area (Å²) < 4.78 is 7.07. The van der Waals surface area contributed by atoms with Gasteiger partial charge in [0.05, 0.1) is 24.2 Å². The van der Waals surface area contributed by atoms with E-state index in [1.54, 1.807) is 10.9 Å². The zero-order valence-electron chi connectivity index (χ0n) is 10.9. The number of aromatic nitrogens is 3. The Labute approximate surface area is 120 Å². The van der Waals surface area contributed by atoms with Gasteiger partial charge in [0.15, 0.2) is 0 Å². The van der Waals surface area contributed by atoms with Gasteiger partial charge in [-0.3, -0.25) is 0 Å². The molecule has 0 aliphatic rings. The van der Waals surface area contributed by atoms with E-state index in [9.17, 15) is 5.11 Å². The molecule has 1 aromatic carbocycles. The maximum atomic E-state index is 9.57. The Kier molecular flexibility index (Phi) is 3.58. The number of aliphatic hydroxyl groups excluding tert-OH is 1. The molecular weight excluding hydrogens is 274 g/mol. The summed E-state index contributed by atoms with van der Waals surface area (Å²) in [5.74, 6) is 0. The zero-order valence-corrected chi connectivity index (χ0v) is 11.7. The summed E-state index contributed by atoms with van der Waals surface area (Å²) in [7, 11) is 0. The van der Waals surface area contributed by atoms with Crippen LogP contribution in [-0.4, -0.2) is 19.9 Å². The molecule has 2 heterocycles. The quantitative estimate of drug-likeness (QED) is 0.799. The van der Waals surface area contributed by atoms with Crippen molar-refractivity contribution >= 4 is 11.8 Å². The first kappa shape index (κ1) is 13.0. The van der Waals surface area contributed by atoms with Crippen LogP contribution in [0.3, 0.4) is 0 Å². The molecule has 0 saturated heterocycles. The molecule has 0 aliphatic carbocycles. The molecule has 3 aromatic rings. The molecular formula is C14H13N3O2S. The van der Waals surface area contributed by atoms with Gasteiger partial charge < -0.3 is 9.52 Å². The third kappa shape index (κ3) is 2.35. The van der Waals surface area contributed by atoms with Crippen LogP contribution in [0, 0.1) is 6.92 Å². The Hall–Kier alpha value is -2.05. The minimum absolute atomic E-state index is 0.0677. The van der Waals surface area contributed by atoms with Crippen molar-refractivity contribution in [3.8, 4) is 5.69 Å². The third-order valence-electron chi connectivity index (χ3n) is 2.89. The van der Waals surface area contributed by atoms with Crippen molar-refractivity contribution in [1.82, 2.24) is 14.8 Å². The summed E-state index contributed by atoms with van der Waals surface area (Å²) >= 11 is 1.35. The van der Waals surface area contributed by atoms with Crippen molar-refractivity contribution in [3.05, 3.63) is 54.0 Å². The van der Waals surface area contributed by atoms with Crippen LogP contribution in [-0.2, 0) is 6.61 Å². The molecule has 0 radical (unpaired) electrons. The number of aliphatic hydroxyl groups is 1. The first-order chi connectivity index (χ1) is 9.79. The zero-order chi connectivity index (χ0) is 13.9. The average molecular weight is 287 g/mol. The van der Waals surface area contributed by atoms with Crippen LogP contribution in [0.15, 0.2) is 57.5 Å². The van der Waals surface area contributed by atoms with E-state index in [4.69, 9.17) is 4.42 Å². The third-order valence-corrected chi connectivity index (χ3v) is 3.88. The standard InChI is InChI=1S/C14H13N3O2S/c1-10-12(9-18)13(20-14-15-7-8-19-14)17(16-10)11-5-3-2-4-6-11/h2-8,18H,9H2,1H3. The van der Waals surface area contributed by atoms with Crippen molar-refractivity contribution in [2.75, 3.05) is 0 Å². The fraction of sp³-hybridized carbons (Fsp3) is 0.143. The SMILES string of the molecule is Cc1nn(-c2ccccc2)c(Sc2ncco2)c1CO. The van der Waals surface area contributed by atoms with E-state index in [0.29, 0.717) is 5.22 Å². The normalized spacial score (nSPS) is 10.9. The lowest BCUT2D eigenvalue weighted by molar-refractivity contribution is 0.278. The van der Waals surface area contributed by atoms with E-state index in [1.165, 1.54) is 18.0 Å². The Balaban J connectivity index is 2.10. The molecule has 0 saturated carbocycles. The van der Waals surface area contributed by atoms with Gasteiger partial charge in [-0.15, -0.1) is 0 Å². The van der Waals surface area contributed by atoms with Gasteiger partial charge >= 0.3 is 0 Å². The molecule has 0 unspecified atom stereocenters. The lowest BCUT2D eigenvalue weighted by Crippen LogP contribution is -1.98. The van der Waals surface area contributed by atoms with Gasteiger partial charge in [0, 0.05) is 5.56 Å². The van der Waals surface area contributed by atoms with Gasteiger partial charge in [-0.25, -0.2) is 9.67 Å². The highest BCUT2D eigenvalue weighted by Crippen LogP contribution is 2.32. The fourth-order valence-corrected chi connectivity index (χ4v) is 2.86. The molecule has 2 aromatic heterocycles. The number of aryl methyl sites for hydroxylation is 1. The molecule has 0 fully saturated rings. The highest BCUT2D eigenvalue weighted by atomic mass is 32.2. The molecule has 0 bridgehead atoms. The van der Waals surface area contributed by atoms with Crippen LogP contribution in [0.5, 0.6) is 0 Å². The second kappa shape index (κ2) is 5.52. The predicted octanol–water partition coefficient (Wildman–Crippen LogP) is 2.81. The van der Waals surface area contributed by atoms with Crippen LogP contribution in [0.1, 0.15) is 11.3 Å². The Morgan fingerprint density at radius 1 is 1.30 bits per heavy atom. The van der Waals surface area contributed by atoms with Crippen molar-refractivity contribution < 1.29 is 9.52 Å². The Morgan fingerprint density at radius 3 is 2.75 bits per heavy atom. The van der Waals surface area contributed by atoms with Crippen LogP contribution in [0.2, 0.25) is 0 Å². The van der Waals surface area contributed by atoms with E-state index in [2.05, 4.69) is 10.1 Å². The van der Waals surface area contributed by atoms with E-state index in [0.717, 1.165) is 22.0 Å². The molecule has 0 amide bonds. The molecule has 5 nitrogen and oxygen atoms in total. The molecule has 0 spiro atoms. The minimum Gasteiger partial charge on any atom is -0.440 e. The average Bonchev–Trinajstić information content (AvgIpc) is 3.08. The van der Waals surface area contributed by atoms with Crippen molar-refractivity contribution in [3.63, 3.8) is 0 Å². The minimum atomic E-state index is -0.0677. The molecule has 102 valence electrons. The van der Waals surface area contributed by atoms with Crippen LogP contribution < -0.4 is 0 Å². The topological polar surface area (TPSA) is 64.1 Å². The summed E-state index contributed by atoms with van der Waals surface area (Å²) in [6, 6.07) is 9.78. The molecule has 1 N–H and O–H groups in total. The lowest BCUT2D eigenvalue weighted by Gasteiger charge is -2.06. The van der Waals surface area contributed by atoms with E-state index in [1.807, 2.05) is 37.3 Å². The molecule has 0 atom stereocenters. The summed E-state index contributed by atoms with van der Waals surface area (Å²) in [6.45, 7) is 1.81. The largest absolute Gasteiger partial charge is 0.440 e. The highest BCUT2D eigenvalue weighted by molar-refractivity contribution is 7.99. The van der Waals surface area contributed by atoms with Crippen LogP contribution in [0.4, 0.5) is 0 Å². The van der Waals surface area contributed by atoms with E-state index < -0.39 is 0 Å². The number of oxazole rings is 1. The number of benzene rings is 1. The van der Waals surface area contributed by atoms with Gasteiger partial charge in [-0.1, -0.05) is 18.2 Å². The summed E-state index contributed by atoms with van der Waals surface area (Å²) in [5, 5.41) is 15.4. The van der Waals surface area contributed by atoms with Crippen LogP contribution >= 0.6 is 11.8 Å². The number of nitrogens with zero attached hydrogens (tertiary/aromatic N) is 3. The van der Waals surface area contributed by atoms with Crippen molar-refractivity contribution in [2.24, 2.45) is 0 Å². The second-order valence-corrected chi connectivity index (χ2v) is 5.11. The van der Waals surface area contributed by atoms with Crippen molar-refractivity contribution in [2.45, 2.75) is 23.8 Å². The summed E-state index contributed by atoms with van der Waals surface area (Å²) in [5.41, 5.74) is 2.52. The Morgan fingerprint density at radius 2 is 2.10 bits per heavy atom. The number of hydrogen-bond acceptors (Lipinski definition) is 5. The van der Waals surface area contributed by atoms with E-state index in [-0.39, 0.29) is 6.61 Å². The maximum absolute atomic E-state index is 9.57. The van der Waals surface area contributed by atoms with E-state index >= 15 is 0 Å². The molecule has 3 rings (SSSR count). The Bertz CT molecular complexity index is 693. The summed E-state index contributed by atoms with van der Waals surface area (Å²) in [6.07, 6.45) is 3.12. The van der Waals surface area contributed by atoms with Gasteiger partial charge in [0.2, 0.25) is 0 Å². The monoisotopic (exact) mass is 287 g/mol. The molecule has 6 heteroatoms. The van der Waals surface area contributed by atoms with Crippen LogP contribution in [0.25, 0.3) is 5.69 Å². The maximum Gasteiger partial charge on any atom is 0.261 e. The molecule has 20 heavy (non-hydrogen) atoms. The number of hydrogen-bond donors (Lipinski definition) is 1. The van der Waals surface area contributed by atoms with Gasteiger partial charge in [-0.2, -0.15) is 5.10 Å². The first-order valence-electron chi connectivity index (χ1n) is 6.11. The number of para-hydroxylation sites is 1. The first-order valence-corrected chi connectivity index (χ1v) is 6.93. The summed E-state index contributed by atoms with van der Waals surface area (Å²) in [4.78, 5) is 4.10.